The summed E-state index contributed by atoms with van der Waals surface area (Å²) in [7, 11) is 0. The summed E-state index contributed by atoms with van der Waals surface area (Å²) < 4.78 is 0. The van der Waals surface area contributed by atoms with Crippen molar-refractivity contribution in [1.29, 1.82) is 0 Å². The molecule has 2 unspecified atom stereocenters. The molecule has 126 valence electrons. The molecule has 0 bridgehead atoms. The minimum atomic E-state index is -1.23. The van der Waals surface area contributed by atoms with Gasteiger partial charge in [0.05, 0.1) is 12.5 Å². The van der Waals surface area contributed by atoms with Crippen molar-refractivity contribution < 1.29 is 29.1 Å². The molecule has 0 aromatic rings. The van der Waals surface area contributed by atoms with Crippen LogP contribution in [0, 0.1) is 0 Å². The quantitative estimate of drug-likeness (QED) is 0.524. The van der Waals surface area contributed by atoms with E-state index in [1.807, 2.05) is 0 Å². The van der Waals surface area contributed by atoms with Gasteiger partial charge in [-0.1, -0.05) is 0 Å². The zero-order valence-electron chi connectivity index (χ0n) is 12.4. The number of nitrogens with zero attached hydrogens (tertiary/aromatic N) is 2. The second kappa shape index (κ2) is 7.07. The smallest absolute Gasteiger partial charge is 0.337 e. The average Bonchev–Trinajstić information content (AvgIpc) is 2.65. The molecule has 3 N–H and O–H groups in total. The van der Waals surface area contributed by atoms with Crippen LogP contribution in [0.4, 0.5) is 4.79 Å². The van der Waals surface area contributed by atoms with Crippen molar-refractivity contribution >= 4 is 30.1 Å². The Balaban J connectivity index is 2.14. The summed E-state index contributed by atoms with van der Waals surface area (Å²) in [6.45, 7) is 0.525. The maximum atomic E-state index is 12.3. The van der Waals surface area contributed by atoms with Crippen molar-refractivity contribution in [2.45, 2.75) is 37.8 Å². The summed E-state index contributed by atoms with van der Waals surface area (Å²) in [5, 5.41) is 15.9. The molecule has 0 radical (unpaired) electrons. The Hall–Kier alpha value is -2.65. The molecule has 2 heterocycles. The van der Waals surface area contributed by atoms with Gasteiger partial charge in [-0.3, -0.25) is 14.4 Å². The molecule has 10 nitrogen and oxygen atoms in total. The Labute approximate surface area is 131 Å². The molecule has 0 aliphatic carbocycles. The normalized spacial score (nSPS) is 22.5. The Morgan fingerprint density at radius 2 is 2.17 bits per heavy atom. The standard InChI is InChI=1S/C13H18N4O6/c18-7-8(6-11(20)21)15-12(22)9-2-1-5-16-10(19)3-4-14-13(23)17(9)16/h7-9H,1-6H2,(H,14,23)(H,15,22)(H,20,21). The van der Waals surface area contributed by atoms with E-state index in [2.05, 4.69) is 10.6 Å². The summed E-state index contributed by atoms with van der Waals surface area (Å²) in [4.78, 5) is 58.0. The first-order valence-electron chi connectivity index (χ1n) is 7.29. The number of carboxylic acids is 1. The minimum Gasteiger partial charge on any atom is -0.481 e. The van der Waals surface area contributed by atoms with Gasteiger partial charge < -0.3 is 20.5 Å². The average molecular weight is 326 g/mol. The third-order valence-electron chi connectivity index (χ3n) is 3.70. The van der Waals surface area contributed by atoms with E-state index in [-0.39, 0.29) is 18.9 Å². The van der Waals surface area contributed by atoms with Crippen LogP contribution in [0.2, 0.25) is 0 Å². The first-order valence-corrected chi connectivity index (χ1v) is 7.29. The fourth-order valence-corrected chi connectivity index (χ4v) is 2.66. The van der Waals surface area contributed by atoms with Crippen LogP contribution in [0.25, 0.3) is 0 Å². The fraction of sp³-hybridized carbons (Fsp3) is 0.615. The number of carbonyl (C=O) groups excluding carboxylic acids is 4. The van der Waals surface area contributed by atoms with Crippen molar-refractivity contribution in [3.8, 4) is 0 Å². The number of hydrogen-bond acceptors (Lipinski definition) is 5. The van der Waals surface area contributed by atoms with Crippen molar-refractivity contribution in [3.63, 3.8) is 0 Å². The summed E-state index contributed by atoms with van der Waals surface area (Å²) in [5.41, 5.74) is 0. The van der Waals surface area contributed by atoms with E-state index in [4.69, 9.17) is 5.11 Å². The summed E-state index contributed by atoms with van der Waals surface area (Å²) >= 11 is 0. The zero-order valence-corrected chi connectivity index (χ0v) is 12.4. The highest BCUT2D eigenvalue weighted by Gasteiger charge is 2.41. The van der Waals surface area contributed by atoms with E-state index in [0.717, 1.165) is 5.01 Å². The molecule has 0 saturated carbocycles. The summed E-state index contributed by atoms with van der Waals surface area (Å²) in [5.74, 6) is -2.15. The zero-order chi connectivity index (χ0) is 17.0. The Bertz CT molecular complexity index is 537. The lowest BCUT2D eigenvalue weighted by molar-refractivity contribution is -0.155. The lowest BCUT2D eigenvalue weighted by Crippen LogP contribution is -2.63. The summed E-state index contributed by atoms with van der Waals surface area (Å²) in [6.07, 6.45) is 0.781. The minimum absolute atomic E-state index is 0.145. The number of hydrazine groups is 1. The third kappa shape index (κ3) is 3.76. The first-order chi connectivity index (χ1) is 10.9. The largest absolute Gasteiger partial charge is 0.481 e. The van der Waals surface area contributed by atoms with Gasteiger partial charge in [0, 0.05) is 19.5 Å². The number of aldehydes is 1. The lowest BCUT2D eigenvalue weighted by atomic mass is 10.1. The van der Waals surface area contributed by atoms with Crippen LogP contribution in [-0.2, 0) is 19.2 Å². The number of urea groups is 1. The van der Waals surface area contributed by atoms with Gasteiger partial charge in [0.2, 0.25) is 11.8 Å². The van der Waals surface area contributed by atoms with Crippen LogP contribution in [0.1, 0.15) is 25.7 Å². The molecule has 23 heavy (non-hydrogen) atoms. The Morgan fingerprint density at radius 3 is 2.83 bits per heavy atom. The van der Waals surface area contributed by atoms with Gasteiger partial charge in [-0.25, -0.2) is 14.8 Å². The van der Waals surface area contributed by atoms with Gasteiger partial charge in [0.25, 0.3) is 0 Å². The van der Waals surface area contributed by atoms with Crippen molar-refractivity contribution in [1.82, 2.24) is 20.7 Å². The van der Waals surface area contributed by atoms with Crippen LogP contribution in [0.5, 0.6) is 0 Å². The molecule has 2 saturated heterocycles. The van der Waals surface area contributed by atoms with Gasteiger partial charge in [-0.05, 0) is 12.8 Å². The van der Waals surface area contributed by atoms with Crippen molar-refractivity contribution in [2.24, 2.45) is 0 Å². The van der Waals surface area contributed by atoms with E-state index < -0.39 is 36.4 Å². The molecule has 0 aromatic carbocycles. The van der Waals surface area contributed by atoms with Gasteiger partial charge in [-0.15, -0.1) is 0 Å². The number of fused-ring (bicyclic) bond motifs is 1. The molecular formula is C13H18N4O6. The molecule has 2 fully saturated rings. The number of carboxylic acid groups (broad SMARTS) is 1. The van der Waals surface area contributed by atoms with Gasteiger partial charge in [-0.2, -0.15) is 0 Å². The highest BCUT2D eigenvalue weighted by Crippen LogP contribution is 2.21. The first kappa shape index (κ1) is 16.7. The molecule has 2 rings (SSSR count). The number of nitrogens with one attached hydrogen (secondary N) is 2. The van der Waals surface area contributed by atoms with Crippen LogP contribution in [0.3, 0.4) is 0 Å². The van der Waals surface area contributed by atoms with E-state index in [1.165, 1.54) is 5.01 Å². The Kier molecular flexibility index (Phi) is 5.14. The molecule has 2 aliphatic rings. The second-order valence-corrected chi connectivity index (χ2v) is 5.35. The number of rotatable bonds is 5. The molecule has 4 amide bonds. The van der Waals surface area contributed by atoms with Gasteiger partial charge >= 0.3 is 12.0 Å². The Morgan fingerprint density at radius 1 is 1.43 bits per heavy atom. The molecule has 2 aliphatic heterocycles. The fourth-order valence-electron chi connectivity index (χ4n) is 2.66. The molecular weight excluding hydrogens is 308 g/mol. The predicted molar refractivity (Wildman–Crippen MR) is 74.8 cm³/mol. The molecule has 10 heteroatoms. The van der Waals surface area contributed by atoms with E-state index in [1.54, 1.807) is 0 Å². The lowest BCUT2D eigenvalue weighted by Gasteiger charge is -2.41. The SMILES string of the molecule is O=CC(CC(=O)O)NC(=O)C1CCCN2C(=O)CCNC(=O)N12. The maximum absolute atomic E-state index is 12.3. The number of aliphatic carboxylic acids is 1. The van der Waals surface area contributed by atoms with E-state index in [9.17, 15) is 24.0 Å². The van der Waals surface area contributed by atoms with Crippen molar-refractivity contribution in [3.05, 3.63) is 0 Å². The van der Waals surface area contributed by atoms with E-state index >= 15 is 0 Å². The van der Waals surface area contributed by atoms with Crippen LogP contribution in [-0.4, -0.2) is 70.4 Å². The maximum Gasteiger partial charge on any atom is 0.337 e. The highest BCUT2D eigenvalue weighted by atomic mass is 16.4. The van der Waals surface area contributed by atoms with Crippen LogP contribution < -0.4 is 10.6 Å². The second-order valence-electron chi connectivity index (χ2n) is 5.35. The van der Waals surface area contributed by atoms with Crippen LogP contribution in [0.15, 0.2) is 0 Å². The molecule has 2 atom stereocenters. The van der Waals surface area contributed by atoms with Gasteiger partial charge in [0.1, 0.15) is 12.3 Å². The predicted octanol–water partition coefficient (Wildman–Crippen LogP) is -1.53. The molecule has 0 aromatic heterocycles. The van der Waals surface area contributed by atoms with Gasteiger partial charge in [0.15, 0.2) is 0 Å². The monoisotopic (exact) mass is 326 g/mol. The topological polar surface area (TPSA) is 136 Å². The molecule has 0 spiro atoms. The van der Waals surface area contributed by atoms with E-state index in [0.29, 0.717) is 25.7 Å². The number of hydrogen-bond donors (Lipinski definition) is 3. The number of carbonyl (C=O) groups is 5. The third-order valence-corrected chi connectivity index (χ3v) is 3.70. The van der Waals surface area contributed by atoms with Crippen molar-refractivity contribution in [2.75, 3.05) is 13.1 Å². The highest BCUT2D eigenvalue weighted by molar-refractivity contribution is 5.92. The number of amides is 4. The summed E-state index contributed by atoms with van der Waals surface area (Å²) in [6, 6.07) is -2.69. The van der Waals surface area contributed by atoms with Crippen LogP contribution >= 0.6 is 0 Å².